The molecule has 1 aliphatic carbocycles. The van der Waals surface area contributed by atoms with Crippen molar-refractivity contribution in [2.24, 2.45) is 0 Å². The first kappa shape index (κ1) is 24.5. The van der Waals surface area contributed by atoms with Crippen molar-refractivity contribution in [3.63, 3.8) is 0 Å². The summed E-state index contributed by atoms with van der Waals surface area (Å²) in [4.78, 5) is 1.35. The largest absolute Gasteiger partial charge is 0.257 e. The number of benzene rings is 3. The molecule has 0 radical (unpaired) electrons. The van der Waals surface area contributed by atoms with Gasteiger partial charge in [0.05, 0.1) is 6.72 Å². The van der Waals surface area contributed by atoms with Crippen LogP contribution in [0.15, 0.2) is 54.7 Å². The summed E-state index contributed by atoms with van der Waals surface area (Å²) in [5, 5.41) is 4.14. The fourth-order valence-corrected chi connectivity index (χ4v) is 8.02. The van der Waals surface area contributed by atoms with Crippen LogP contribution in [0.1, 0.15) is 104 Å². The molecule has 0 amide bonds. The molecule has 0 atom stereocenters. The Labute approximate surface area is 226 Å². The molecule has 1 saturated carbocycles. The molecule has 37 heavy (non-hydrogen) atoms. The van der Waals surface area contributed by atoms with E-state index in [0.29, 0.717) is 0 Å². The fourth-order valence-electron chi connectivity index (χ4n) is 6.71. The molecule has 2 heteroatoms. The Morgan fingerprint density at radius 3 is 2.49 bits per heavy atom. The van der Waals surface area contributed by atoms with Gasteiger partial charge < -0.3 is 0 Å². The predicted octanol–water partition coefficient (Wildman–Crippen LogP) is 10.1. The Balaban J connectivity index is 1.54. The highest BCUT2D eigenvalue weighted by Gasteiger charge is 2.35. The third kappa shape index (κ3) is 3.96. The summed E-state index contributed by atoms with van der Waals surface area (Å²) < 4.78 is 3.52. The summed E-state index contributed by atoms with van der Waals surface area (Å²) in [6.45, 7) is 13.9. The van der Waals surface area contributed by atoms with Crippen LogP contribution in [0.25, 0.3) is 26.9 Å². The summed E-state index contributed by atoms with van der Waals surface area (Å²) >= 11 is 1.95. The van der Waals surface area contributed by atoms with Gasteiger partial charge in [-0.05, 0) is 52.1 Å². The minimum Gasteiger partial charge on any atom is -0.257 e. The van der Waals surface area contributed by atoms with Crippen molar-refractivity contribution in [3.8, 4) is 0 Å². The number of thiophene rings is 1. The topological polar surface area (TPSA) is 3.01 Å². The Bertz CT molecular complexity index is 1520. The van der Waals surface area contributed by atoms with Gasteiger partial charge in [-0.15, -0.1) is 17.7 Å². The highest BCUT2D eigenvalue weighted by Crippen LogP contribution is 2.47. The Kier molecular flexibility index (Phi) is 6.27. The smallest absolute Gasteiger partial charge is 0.197 e. The van der Waals surface area contributed by atoms with Crippen LogP contribution in [0, 0.1) is 13.0 Å². The first-order valence-electron chi connectivity index (χ1n) is 14.2. The Morgan fingerprint density at radius 1 is 1.03 bits per heavy atom. The van der Waals surface area contributed by atoms with Crippen LogP contribution in [0.3, 0.4) is 0 Å². The van der Waals surface area contributed by atoms with E-state index >= 15 is 0 Å². The number of aryl methyl sites for hydroxylation is 1. The Morgan fingerprint density at radius 2 is 1.76 bits per heavy atom. The lowest BCUT2D eigenvalue weighted by molar-refractivity contribution is -0.417. The van der Waals surface area contributed by atoms with Crippen LogP contribution in [-0.2, 0) is 5.41 Å². The van der Waals surface area contributed by atoms with Gasteiger partial charge in [-0.25, -0.2) is 0 Å². The average Bonchev–Trinajstić information content (AvgIpc) is 3.31. The lowest BCUT2D eigenvalue weighted by Crippen LogP contribution is -2.23. The van der Waals surface area contributed by atoms with Crippen molar-refractivity contribution in [2.75, 3.05) is 0 Å². The molecule has 0 bridgehead atoms. The van der Waals surface area contributed by atoms with Crippen LogP contribution >= 0.6 is 11.3 Å². The number of hydrogen-bond donors (Lipinski definition) is 0. The van der Waals surface area contributed by atoms with Crippen LogP contribution in [0.4, 0.5) is 0 Å². The van der Waals surface area contributed by atoms with Gasteiger partial charge in [0.2, 0.25) is 0 Å². The second-order valence-corrected chi connectivity index (χ2v) is 12.5. The lowest BCUT2D eigenvalue weighted by atomic mass is 9.74. The van der Waals surface area contributed by atoms with E-state index in [0.717, 1.165) is 18.8 Å². The van der Waals surface area contributed by atoms with Crippen LogP contribution in [0.2, 0.25) is 0 Å². The number of hydrogen-bond acceptors (Lipinski definition) is 0. The van der Waals surface area contributed by atoms with Crippen LogP contribution in [0.5, 0.6) is 0 Å². The average molecular weight is 506 g/mol. The zero-order chi connectivity index (χ0) is 25.7. The lowest BCUT2D eigenvalue weighted by Gasteiger charge is -2.33. The van der Waals surface area contributed by atoms with Gasteiger partial charge in [-0.1, -0.05) is 113 Å². The quantitative estimate of drug-likeness (QED) is 0.144. The molecule has 3 aromatic carbocycles. The number of rotatable bonds is 5. The summed E-state index contributed by atoms with van der Waals surface area (Å²) in [7, 11) is 0. The van der Waals surface area contributed by atoms with E-state index in [9.17, 15) is 0 Å². The molecule has 0 saturated heterocycles. The molecule has 1 aromatic heterocycles. The molecule has 190 valence electrons. The van der Waals surface area contributed by atoms with E-state index in [1.807, 2.05) is 11.3 Å². The SMILES string of the molecule is C=[N+]1C=Cc2c([s+][c-]3cc(C4CCCCC4)ccc23)[C-]1c1cc(C(C)(CC)CC)c2ccccc2c1C. The van der Waals surface area contributed by atoms with Crippen molar-refractivity contribution in [2.45, 2.75) is 84.0 Å². The van der Waals surface area contributed by atoms with Gasteiger partial charge in [-0.2, -0.15) is 0 Å². The van der Waals surface area contributed by atoms with Gasteiger partial charge in [0.15, 0.2) is 15.6 Å². The van der Waals surface area contributed by atoms with Gasteiger partial charge in [0.1, 0.15) is 17.5 Å². The monoisotopic (exact) mass is 505 g/mol. The highest BCUT2D eigenvalue weighted by molar-refractivity contribution is 7.19. The second-order valence-electron chi connectivity index (χ2n) is 11.5. The third-order valence-corrected chi connectivity index (χ3v) is 10.7. The molecule has 2 heterocycles. The van der Waals surface area contributed by atoms with Gasteiger partial charge in [0, 0.05) is 0 Å². The summed E-state index contributed by atoms with van der Waals surface area (Å²) in [6.07, 6.45) is 13.5. The maximum absolute atomic E-state index is 4.48. The summed E-state index contributed by atoms with van der Waals surface area (Å²) in [6, 6.07) is 20.0. The Hall–Kier alpha value is -2.84. The van der Waals surface area contributed by atoms with Crippen LogP contribution < -0.4 is 0 Å². The first-order valence-corrected chi connectivity index (χ1v) is 15.0. The zero-order valence-electron chi connectivity index (χ0n) is 22.9. The molecule has 0 N–H and O–H groups in total. The standard InChI is InChI=1S/C35H39NS/c1-6-35(4,7-2)31-22-30(23(3)26-15-11-12-16-27(26)31)33-34-29(19-20-36(33)5)28-18-17-25(21-32(28)37-34)24-13-9-8-10-14-24/h11-12,15-22,24H,5-10,13-14H2,1-4H3. The van der Waals surface area contributed by atoms with Crippen molar-refractivity contribution in [1.82, 2.24) is 0 Å². The normalized spacial score (nSPS) is 16.6. The van der Waals surface area contributed by atoms with Crippen molar-refractivity contribution in [3.05, 3.63) is 93.5 Å². The number of fused-ring (bicyclic) bond motifs is 4. The van der Waals surface area contributed by atoms with Gasteiger partial charge >= 0.3 is 0 Å². The van der Waals surface area contributed by atoms with Crippen molar-refractivity contribution in [1.29, 1.82) is 0 Å². The maximum Gasteiger partial charge on any atom is 0.197 e. The second kappa shape index (κ2) is 9.48. The van der Waals surface area contributed by atoms with Gasteiger partial charge in [-0.3, -0.25) is 4.58 Å². The van der Waals surface area contributed by atoms with E-state index in [2.05, 4.69) is 99.8 Å². The minimum atomic E-state index is 0.136. The van der Waals surface area contributed by atoms with Crippen molar-refractivity contribution < 1.29 is 4.58 Å². The van der Waals surface area contributed by atoms with E-state index < -0.39 is 0 Å². The number of nitrogens with zero attached hydrogens (tertiary/aromatic N) is 1. The zero-order valence-corrected chi connectivity index (χ0v) is 23.7. The van der Waals surface area contributed by atoms with Crippen molar-refractivity contribution >= 4 is 45.0 Å². The molecule has 4 aromatic rings. The molecular formula is C35H39NS. The van der Waals surface area contributed by atoms with E-state index in [4.69, 9.17) is 0 Å². The van der Waals surface area contributed by atoms with Crippen LogP contribution in [-0.4, -0.2) is 11.3 Å². The third-order valence-electron chi connectivity index (χ3n) is 9.53. The highest BCUT2D eigenvalue weighted by atomic mass is 32.1. The molecule has 6 rings (SSSR count). The minimum absolute atomic E-state index is 0.136. The maximum atomic E-state index is 4.48. The molecule has 0 unspecified atom stereocenters. The van der Waals surface area contributed by atoms with E-state index in [-0.39, 0.29) is 5.41 Å². The fraction of sp³-hybridized carbons (Fsp3) is 0.371. The molecule has 2 aliphatic rings. The molecule has 1 fully saturated rings. The molecule has 0 spiro atoms. The van der Waals surface area contributed by atoms with E-state index in [1.54, 1.807) is 0 Å². The molecule has 1 aliphatic heterocycles. The van der Waals surface area contributed by atoms with E-state index in [1.165, 1.54) is 91.7 Å². The molecular weight excluding hydrogens is 466 g/mol. The van der Waals surface area contributed by atoms with Gasteiger partial charge in [0.25, 0.3) is 0 Å². The summed E-state index contributed by atoms with van der Waals surface area (Å²) in [5.74, 6) is 0.728. The predicted molar refractivity (Wildman–Crippen MR) is 162 cm³/mol. The molecule has 1 nitrogen and oxygen atoms in total. The summed E-state index contributed by atoms with van der Waals surface area (Å²) in [5.41, 5.74) is 7.16. The first-order chi connectivity index (χ1) is 17.9.